The highest BCUT2D eigenvalue weighted by atomic mass is 16.5. The minimum Gasteiger partial charge on any atom is -0.507 e. The number of methoxy groups -OCH3 is 3. The summed E-state index contributed by atoms with van der Waals surface area (Å²) in [6.45, 7) is 0.888. The number of rotatable bonds is 7. The highest BCUT2D eigenvalue weighted by molar-refractivity contribution is 6.46. The maximum Gasteiger partial charge on any atom is 0.295 e. The molecule has 0 bridgehead atoms. The van der Waals surface area contributed by atoms with Gasteiger partial charge in [0.1, 0.15) is 11.5 Å². The van der Waals surface area contributed by atoms with Crippen molar-refractivity contribution < 1.29 is 33.6 Å². The van der Waals surface area contributed by atoms with Crippen molar-refractivity contribution in [2.75, 3.05) is 34.5 Å². The van der Waals surface area contributed by atoms with Gasteiger partial charge in [-0.05, 0) is 48.7 Å². The van der Waals surface area contributed by atoms with E-state index in [-0.39, 0.29) is 24.0 Å². The van der Waals surface area contributed by atoms with Gasteiger partial charge in [-0.25, -0.2) is 0 Å². The molecule has 2 saturated heterocycles. The van der Waals surface area contributed by atoms with Gasteiger partial charge in [0.25, 0.3) is 11.7 Å². The van der Waals surface area contributed by atoms with Gasteiger partial charge in [0.05, 0.1) is 39.0 Å². The number of nitrogens with zero attached hydrogens (tertiary/aromatic N) is 1. The van der Waals surface area contributed by atoms with Gasteiger partial charge in [-0.2, -0.15) is 0 Å². The normalized spacial score (nSPS) is 22.0. The van der Waals surface area contributed by atoms with Crippen LogP contribution in [0, 0.1) is 0 Å². The van der Waals surface area contributed by atoms with E-state index < -0.39 is 17.7 Å². The SMILES string of the molecule is COc1cccc(C2/C(=C(/O)c3ccc(OC)c(OC)c3)C(=O)C(=O)N2CC2CCCO2)c1. The highest BCUT2D eigenvalue weighted by Crippen LogP contribution is 2.41. The topological polar surface area (TPSA) is 94.5 Å². The third kappa shape index (κ3) is 4.26. The van der Waals surface area contributed by atoms with Gasteiger partial charge in [-0.15, -0.1) is 0 Å². The van der Waals surface area contributed by atoms with Crippen LogP contribution in [0.5, 0.6) is 17.2 Å². The lowest BCUT2D eigenvalue weighted by Gasteiger charge is -2.27. The fourth-order valence-corrected chi connectivity index (χ4v) is 4.37. The first kappa shape index (κ1) is 22.7. The van der Waals surface area contributed by atoms with E-state index in [4.69, 9.17) is 18.9 Å². The maximum atomic E-state index is 13.2. The van der Waals surface area contributed by atoms with E-state index in [1.54, 1.807) is 43.5 Å². The molecule has 0 spiro atoms. The summed E-state index contributed by atoms with van der Waals surface area (Å²) in [5.74, 6) is -0.225. The Morgan fingerprint density at radius 2 is 1.85 bits per heavy atom. The smallest absolute Gasteiger partial charge is 0.295 e. The second kappa shape index (κ2) is 9.54. The number of hydrogen-bond donors (Lipinski definition) is 1. The minimum atomic E-state index is -0.780. The molecular weight excluding hydrogens is 426 g/mol. The average Bonchev–Trinajstić information content (AvgIpc) is 3.45. The number of Topliss-reactive ketones (excluding diaryl/α,β-unsaturated/α-hetero) is 1. The van der Waals surface area contributed by atoms with Crippen LogP contribution in [0.4, 0.5) is 0 Å². The van der Waals surface area contributed by atoms with Crippen LogP contribution in [-0.4, -0.2) is 62.3 Å². The number of likely N-dealkylation sites (tertiary alicyclic amines) is 1. The van der Waals surface area contributed by atoms with Crippen molar-refractivity contribution >= 4 is 17.4 Å². The van der Waals surface area contributed by atoms with Crippen molar-refractivity contribution in [2.24, 2.45) is 0 Å². The van der Waals surface area contributed by atoms with Crippen LogP contribution in [0.3, 0.4) is 0 Å². The summed E-state index contributed by atoms with van der Waals surface area (Å²) in [6, 6.07) is 11.2. The first-order valence-corrected chi connectivity index (χ1v) is 10.7. The first-order chi connectivity index (χ1) is 16.0. The van der Waals surface area contributed by atoms with Crippen LogP contribution in [0.2, 0.25) is 0 Å². The first-order valence-electron chi connectivity index (χ1n) is 10.7. The molecule has 2 aliphatic heterocycles. The lowest BCUT2D eigenvalue weighted by Crippen LogP contribution is -2.36. The molecule has 8 heteroatoms. The molecule has 1 amide bonds. The molecule has 2 heterocycles. The monoisotopic (exact) mass is 453 g/mol. The molecule has 174 valence electrons. The fourth-order valence-electron chi connectivity index (χ4n) is 4.37. The number of ether oxygens (including phenoxy) is 4. The van der Waals surface area contributed by atoms with E-state index in [1.165, 1.54) is 19.1 Å². The summed E-state index contributed by atoms with van der Waals surface area (Å²) in [7, 11) is 4.54. The molecule has 1 N–H and O–H groups in total. The quantitative estimate of drug-likeness (QED) is 0.390. The van der Waals surface area contributed by atoms with Crippen molar-refractivity contribution in [3.8, 4) is 17.2 Å². The van der Waals surface area contributed by atoms with E-state index in [0.29, 0.717) is 35.0 Å². The number of carbonyl (C=O) groups is 2. The number of aliphatic hydroxyl groups excluding tert-OH is 1. The summed E-state index contributed by atoms with van der Waals surface area (Å²) in [4.78, 5) is 27.8. The molecule has 0 aromatic heterocycles. The van der Waals surface area contributed by atoms with Crippen molar-refractivity contribution in [1.82, 2.24) is 4.90 Å². The number of carbonyl (C=O) groups excluding carboxylic acids is 2. The van der Waals surface area contributed by atoms with Gasteiger partial charge in [0.2, 0.25) is 0 Å². The van der Waals surface area contributed by atoms with Crippen LogP contribution >= 0.6 is 0 Å². The molecule has 0 radical (unpaired) electrons. The second-order valence-electron chi connectivity index (χ2n) is 7.93. The molecule has 2 aliphatic rings. The molecular formula is C25H27NO7. The van der Waals surface area contributed by atoms with Crippen LogP contribution in [0.25, 0.3) is 5.76 Å². The summed E-state index contributed by atoms with van der Waals surface area (Å²) in [6.07, 6.45) is 1.56. The number of benzene rings is 2. The Bertz CT molecular complexity index is 1090. The Morgan fingerprint density at radius 3 is 2.52 bits per heavy atom. The van der Waals surface area contributed by atoms with Crippen molar-refractivity contribution in [2.45, 2.75) is 25.0 Å². The van der Waals surface area contributed by atoms with Gasteiger partial charge in [-0.3, -0.25) is 9.59 Å². The largest absolute Gasteiger partial charge is 0.507 e. The molecule has 4 rings (SSSR count). The number of hydrogen-bond acceptors (Lipinski definition) is 7. The molecule has 2 aromatic carbocycles. The van der Waals surface area contributed by atoms with E-state index in [0.717, 1.165) is 12.8 Å². The van der Waals surface area contributed by atoms with Gasteiger partial charge in [-0.1, -0.05) is 12.1 Å². The Morgan fingerprint density at radius 1 is 1.06 bits per heavy atom. The van der Waals surface area contributed by atoms with Gasteiger partial charge < -0.3 is 29.0 Å². The number of aliphatic hydroxyl groups is 1. The third-order valence-corrected chi connectivity index (χ3v) is 6.03. The predicted octanol–water partition coefficient (Wildman–Crippen LogP) is 3.31. The third-order valence-electron chi connectivity index (χ3n) is 6.03. The Hall–Kier alpha value is -3.52. The van der Waals surface area contributed by atoms with Crippen LogP contribution < -0.4 is 14.2 Å². The standard InChI is InChI=1S/C25H27NO7/c1-30-17-7-4-6-15(12-17)22-21(23(27)16-9-10-19(31-2)20(13-16)32-3)24(28)25(29)26(22)14-18-8-5-11-33-18/h4,6-7,9-10,12-13,18,22,27H,5,8,11,14H2,1-3H3/b23-21-. The molecule has 2 atom stereocenters. The molecule has 8 nitrogen and oxygen atoms in total. The molecule has 2 fully saturated rings. The summed E-state index contributed by atoms with van der Waals surface area (Å²) in [5, 5.41) is 11.2. The predicted molar refractivity (Wildman–Crippen MR) is 121 cm³/mol. The summed E-state index contributed by atoms with van der Waals surface area (Å²) >= 11 is 0. The van der Waals surface area contributed by atoms with Crippen molar-refractivity contribution in [1.29, 1.82) is 0 Å². The zero-order valence-electron chi connectivity index (χ0n) is 18.9. The molecule has 0 saturated carbocycles. The van der Waals surface area contributed by atoms with Gasteiger partial charge >= 0.3 is 0 Å². The Labute approximate surface area is 192 Å². The van der Waals surface area contributed by atoms with Crippen LogP contribution in [0.15, 0.2) is 48.0 Å². The Kier molecular flexibility index (Phi) is 6.55. The van der Waals surface area contributed by atoms with Gasteiger partial charge in [0.15, 0.2) is 11.5 Å². The maximum absolute atomic E-state index is 13.2. The zero-order valence-corrected chi connectivity index (χ0v) is 18.9. The van der Waals surface area contributed by atoms with E-state index >= 15 is 0 Å². The molecule has 2 aromatic rings. The van der Waals surface area contributed by atoms with E-state index in [9.17, 15) is 14.7 Å². The van der Waals surface area contributed by atoms with E-state index in [1.807, 2.05) is 6.07 Å². The highest BCUT2D eigenvalue weighted by Gasteiger charge is 2.47. The van der Waals surface area contributed by atoms with E-state index in [2.05, 4.69) is 0 Å². The average molecular weight is 453 g/mol. The second-order valence-corrected chi connectivity index (χ2v) is 7.93. The zero-order chi connectivity index (χ0) is 23.5. The molecule has 33 heavy (non-hydrogen) atoms. The fraction of sp³-hybridized carbons (Fsp3) is 0.360. The summed E-state index contributed by atoms with van der Waals surface area (Å²) in [5.41, 5.74) is 1.02. The van der Waals surface area contributed by atoms with Gasteiger partial charge in [0, 0.05) is 18.7 Å². The molecule has 0 aliphatic carbocycles. The lowest BCUT2D eigenvalue weighted by molar-refractivity contribution is -0.140. The van der Waals surface area contributed by atoms with Crippen molar-refractivity contribution in [3.63, 3.8) is 0 Å². The summed E-state index contributed by atoms with van der Waals surface area (Å²) < 4.78 is 21.7. The Balaban J connectivity index is 1.84. The molecule has 2 unspecified atom stereocenters. The lowest BCUT2D eigenvalue weighted by atomic mass is 9.95. The minimum absolute atomic E-state index is 0.0125. The van der Waals surface area contributed by atoms with Crippen LogP contribution in [0.1, 0.15) is 30.0 Å². The van der Waals surface area contributed by atoms with Crippen molar-refractivity contribution in [3.05, 3.63) is 59.2 Å². The van der Waals surface area contributed by atoms with Crippen LogP contribution in [-0.2, 0) is 14.3 Å². The number of ketones is 1. The number of amides is 1.